The fourth-order valence-electron chi connectivity index (χ4n) is 4.30. The summed E-state index contributed by atoms with van der Waals surface area (Å²) < 4.78 is 33.5. The first kappa shape index (κ1) is 20.8. The van der Waals surface area contributed by atoms with Crippen molar-refractivity contribution in [1.29, 1.82) is 0 Å². The van der Waals surface area contributed by atoms with E-state index in [2.05, 4.69) is 9.88 Å². The zero-order valence-electron chi connectivity index (χ0n) is 17.9. The van der Waals surface area contributed by atoms with E-state index >= 15 is 0 Å². The third kappa shape index (κ3) is 3.82. The summed E-state index contributed by atoms with van der Waals surface area (Å²) in [6, 6.07) is 10.4. The second-order valence-corrected chi connectivity index (χ2v) is 9.94. The fourth-order valence-corrected chi connectivity index (χ4v) is 5.75. The van der Waals surface area contributed by atoms with Gasteiger partial charge < -0.3 is 9.64 Å². The number of sulfonamides is 1. The fraction of sp³-hybridized carbons (Fsp3) is 0.348. The number of hydrogen-bond donors (Lipinski definition) is 0. The second-order valence-electron chi connectivity index (χ2n) is 8.00. The van der Waals surface area contributed by atoms with Gasteiger partial charge in [0.15, 0.2) is 5.82 Å². The van der Waals surface area contributed by atoms with Crippen molar-refractivity contribution in [2.75, 3.05) is 31.6 Å². The molecule has 0 N–H and O–H groups in total. The molecule has 166 valence electrons. The van der Waals surface area contributed by atoms with E-state index in [0.29, 0.717) is 24.5 Å². The van der Waals surface area contributed by atoms with Gasteiger partial charge in [0, 0.05) is 62.2 Å². The molecular formula is C23H25N5O3S. The second kappa shape index (κ2) is 8.48. The average molecular weight is 452 g/mol. The van der Waals surface area contributed by atoms with Crippen LogP contribution in [0.15, 0.2) is 53.7 Å². The van der Waals surface area contributed by atoms with Gasteiger partial charge in [0.05, 0.1) is 17.7 Å². The van der Waals surface area contributed by atoms with Crippen LogP contribution in [0.5, 0.6) is 5.75 Å². The first-order valence-electron chi connectivity index (χ1n) is 10.8. The van der Waals surface area contributed by atoms with Crippen molar-refractivity contribution in [3.8, 4) is 17.1 Å². The number of pyridine rings is 1. The minimum atomic E-state index is -3.67. The van der Waals surface area contributed by atoms with Gasteiger partial charge in [-0.1, -0.05) is 6.07 Å². The summed E-state index contributed by atoms with van der Waals surface area (Å²) in [6.45, 7) is 2.46. The summed E-state index contributed by atoms with van der Waals surface area (Å²) in [7, 11) is -2.14. The lowest BCUT2D eigenvalue weighted by Gasteiger charge is -2.31. The number of anilines is 1. The van der Waals surface area contributed by atoms with Gasteiger partial charge in [-0.25, -0.2) is 18.4 Å². The summed E-state index contributed by atoms with van der Waals surface area (Å²) in [5, 5.41) is 0. The topological polar surface area (TPSA) is 88.5 Å². The summed E-state index contributed by atoms with van der Waals surface area (Å²) in [6.07, 6.45) is 6.23. The van der Waals surface area contributed by atoms with Crippen LogP contribution in [0, 0.1) is 0 Å². The van der Waals surface area contributed by atoms with E-state index in [1.165, 1.54) is 11.4 Å². The maximum absolute atomic E-state index is 13.4. The maximum atomic E-state index is 13.4. The van der Waals surface area contributed by atoms with E-state index in [0.717, 1.165) is 48.6 Å². The van der Waals surface area contributed by atoms with Gasteiger partial charge >= 0.3 is 0 Å². The van der Waals surface area contributed by atoms with Crippen LogP contribution in [0.4, 0.5) is 5.82 Å². The normalized spacial score (nSPS) is 16.7. The van der Waals surface area contributed by atoms with Crippen molar-refractivity contribution in [2.45, 2.75) is 30.7 Å². The Morgan fingerprint density at radius 2 is 1.88 bits per heavy atom. The number of benzene rings is 1. The van der Waals surface area contributed by atoms with Crippen LogP contribution < -0.4 is 9.64 Å². The predicted molar refractivity (Wildman–Crippen MR) is 121 cm³/mol. The van der Waals surface area contributed by atoms with E-state index in [-0.39, 0.29) is 11.4 Å². The molecule has 2 aliphatic heterocycles. The number of nitrogens with zero attached hydrogens (tertiary/aromatic N) is 5. The third-order valence-corrected chi connectivity index (χ3v) is 7.85. The van der Waals surface area contributed by atoms with Crippen LogP contribution in [0.3, 0.4) is 0 Å². The van der Waals surface area contributed by atoms with Crippen LogP contribution >= 0.6 is 0 Å². The number of rotatable bonds is 5. The Kier molecular flexibility index (Phi) is 5.52. The molecule has 0 bridgehead atoms. The smallest absolute Gasteiger partial charge is 0.243 e. The molecule has 1 aromatic carbocycles. The summed E-state index contributed by atoms with van der Waals surface area (Å²) >= 11 is 0. The minimum absolute atomic E-state index is 0.232. The molecule has 0 spiro atoms. The molecule has 9 heteroatoms. The van der Waals surface area contributed by atoms with Gasteiger partial charge in [-0.3, -0.25) is 4.98 Å². The molecule has 8 nitrogen and oxygen atoms in total. The van der Waals surface area contributed by atoms with Crippen molar-refractivity contribution in [2.24, 2.45) is 0 Å². The van der Waals surface area contributed by atoms with Crippen molar-refractivity contribution in [3.63, 3.8) is 0 Å². The SMILES string of the molecule is COc1cccc(S(=O)(=O)N2CCc3nc(-c4cccnc4)nc(N4CCCC4)c3C2)c1. The van der Waals surface area contributed by atoms with Crippen LogP contribution in [0.1, 0.15) is 24.1 Å². The highest BCUT2D eigenvalue weighted by Gasteiger charge is 2.33. The van der Waals surface area contributed by atoms with E-state index in [1.807, 2.05) is 12.1 Å². The van der Waals surface area contributed by atoms with E-state index in [4.69, 9.17) is 14.7 Å². The third-order valence-electron chi connectivity index (χ3n) is 6.01. The number of ether oxygens (including phenoxy) is 1. The van der Waals surface area contributed by atoms with Crippen LogP contribution in [0.25, 0.3) is 11.4 Å². The minimum Gasteiger partial charge on any atom is -0.497 e. The van der Waals surface area contributed by atoms with Crippen molar-refractivity contribution in [3.05, 3.63) is 60.0 Å². The van der Waals surface area contributed by atoms with Crippen LogP contribution in [-0.4, -0.2) is 54.4 Å². The Bertz CT molecular complexity index is 1230. The van der Waals surface area contributed by atoms with Gasteiger partial charge in [0.1, 0.15) is 11.6 Å². The van der Waals surface area contributed by atoms with Gasteiger partial charge in [-0.05, 0) is 37.1 Å². The average Bonchev–Trinajstić information content (AvgIpc) is 3.38. The van der Waals surface area contributed by atoms with E-state index in [9.17, 15) is 8.42 Å². The van der Waals surface area contributed by atoms with Gasteiger partial charge in [-0.15, -0.1) is 0 Å². The Balaban J connectivity index is 1.54. The van der Waals surface area contributed by atoms with Gasteiger partial charge in [0.25, 0.3) is 0 Å². The summed E-state index contributed by atoms with van der Waals surface area (Å²) in [4.78, 5) is 16.4. The largest absolute Gasteiger partial charge is 0.497 e. The molecule has 2 aromatic heterocycles. The van der Waals surface area contributed by atoms with Crippen molar-refractivity contribution in [1.82, 2.24) is 19.3 Å². The molecule has 0 aliphatic carbocycles. The first-order valence-corrected chi connectivity index (χ1v) is 12.2. The molecular weight excluding hydrogens is 426 g/mol. The molecule has 0 atom stereocenters. The highest BCUT2D eigenvalue weighted by molar-refractivity contribution is 7.89. The monoisotopic (exact) mass is 451 g/mol. The Labute approximate surface area is 188 Å². The van der Waals surface area contributed by atoms with Crippen LogP contribution in [-0.2, 0) is 23.0 Å². The first-order chi connectivity index (χ1) is 15.6. The molecule has 1 fully saturated rings. The predicted octanol–water partition coefficient (Wildman–Crippen LogP) is 2.89. The number of fused-ring (bicyclic) bond motifs is 1. The number of hydrogen-bond acceptors (Lipinski definition) is 7. The number of methoxy groups -OCH3 is 1. The van der Waals surface area contributed by atoms with Crippen LogP contribution in [0.2, 0.25) is 0 Å². The molecule has 0 unspecified atom stereocenters. The molecule has 0 saturated carbocycles. The molecule has 1 saturated heterocycles. The highest BCUT2D eigenvalue weighted by atomic mass is 32.2. The lowest BCUT2D eigenvalue weighted by molar-refractivity contribution is 0.385. The lowest BCUT2D eigenvalue weighted by Crippen LogP contribution is -2.38. The molecule has 0 amide bonds. The molecule has 2 aliphatic rings. The number of aromatic nitrogens is 3. The zero-order valence-corrected chi connectivity index (χ0v) is 18.8. The van der Waals surface area contributed by atoms with E-state index < -0.39 is 10.0 Å². The Morgan fingerprint density at radius 3 is 2.62 bits per heavy atom. The van der Waals surface area contributed by atoms with Gasteiger partial charge in [0.2, 0.25) is 10.0 Å². The lowest BCUT2D eigenvalue weighted by atomic mass is 10.1. The van der Waals surface area contributed by atoms with E-state index in [1.54, 1.807) is 36.7 Å². The van der Waals surface area contributed by atoms with Crippen molar-refractivity contribution < 1.29 is 13.2 Å². The zero-order chi connectivity index (χ0) is 22.1. The molecule has 5 rings (SSSR count). The summed E-state index contributed by atoms with van der Waals surface area (Å²) in [5.74, 6) is 2.01. The standard InChI is InChI=1S/C23H25N5O3S/c1-31-18-7-4-8-19(14-18)32(29,30)28-13-9-21-20(16-28)23(27-11-2-3-12-27)26-22(25-21)17-6-5-10-24-15-17/h4-8,10,14-15H,2-3,9,11-13,16H2,1H3. The maximum Gasteiger partial charge on any atom is 0.243 e. The quantitative estimate of drug-likeness (QED) is 0.589. The van der Waals surface area contributed by atoms with Crippen molar-refractivity contribution >= 4 is 15.8 Å². The van der Waals surface area contributed by atoms with Gasteiger partial charge in [-0.2, -0.15) is 4.31 Å². The molecule has 4 heterocycles. The Hall–Kier alpha value is -3.04. The summed E-state index contributed by atoms with van der Waals surface area (Å²) in [5.41, 5.74) is 2.68. The molecule has 32 heavy (non-hydrogen) atoms. The molecule has 3 aromatic rings. The Morgan fingerprint density at radius 1 is 1.03 bits per heavy atom. The molecule has 0 radical (unpaired) electrons. The highest BCUT2D eigenvalue weighted by Crippen LogP contribution is 2.33.